The molecule has 5 nitrogen and oxygen atoms in total. The van der Waals surface area contributed by atoms with Gasteiger partial charge >= 0.3 is 6.03 Å². The summed E-state index contributed by atoms with van der Waals surface area (Å²) in [6, 6.07) is 5.66. The molecule has 3 amide bonds. The van der Waals surface area contributed by atoms with Gasteiger partial charge in [0.15, 0.2) is 0 Å². The maximum absolute atomic E-state index is 12.3. The second-order valence-electron chi connectivity index (χ2n) is 5.86. The van der Waals surface area contributed by atoms with Crippen molar-refractivity contribution in [3.05, 3.63) is 29.3 Å². The van der Waals surface area contributed by atoms with Crippen LogP contribution in [0.5, 0.6) is 0 Å². The number of hydrogen-bond acceptors (Lipinski definition) is 2. The number of urea groups is 1. The Hall–Kier alpha value is -2.04. The molecule has 1 aromatic carbocycles. The normalized spacial score (nSPS) is 11.7. The van der Waals surface area contributed by atoms with Crippen LogP contribution < -0.4 is 5.32 Å². The average molecular weight is 305 g/mol. The summed E-state index contributed by atoms with van der Waals surface area (Å²) in [6.45, 7) is 7.99. The zero-order chi connectivity index (χ0) is 16.9. The second kappa shape index (κ2) is 7.82. The predicted octanol–water partition coefficient (Wildman–Crippen LogP) is 3.02. The average Bonchev–Trinajstić information content (AvgIpc) is 2.48. The lowest BCUT2D eigenvalue weighted by molar-refractivity contribution is -0.117. The van der Waals surface area contributed by atoms with Gasteiger partial charge in [0.2, 0.25) is 5.91 Å². The first-order valence-electron chi connectivity index (χ1n) is 7.61. The van der Waals surface area contributed by atoms with Gasteiger partial charge < -0.3 is 15.1 Å². The number of anilines is 1. The predicted molar refractivity (Wildman–Crippen MR) is 90.1 cm³/mol. The summed E-state index contributed by atoms with van der Waals surface area (Å²) in [5.74, 6) is -0.177. The molecule has 0 saturated carbocycles. The molecule has 0 aromatic heterocycles. The molecule has 122 valence electrons. The molecule has 0 bridgehead atoms. The third kappa shape index (κ3) is 4.48. The van der Waals surface area contributed by atoms with Gasteiger partial charge in [-0.05, 0) is 44.4 Å². The number of amides is 3. The third-order valence-electron chi connectivity index (χ3n) is 3.94. The van der Waals surface area contributed by atoms with Crippen LogP contribution in [-0.2, 0) is 4.79 Å². The summed E-state index contributed by atoms with van der Waals surface area (Å²) in [4.78, 5) is 27.6. The monoisotopic (exact) mass is 305 g/mol. The van der Waals surface area contributed by atoms with Crippen molar-refractivity contribution >= 4 is 17.6 Å². The summed E-state index contributed by atoms with van der Waals surface area (Å²) in [6.07, 6.45) is 0.802. The van der Waals surface area contributed by atoms with Gasteiger partial charge in [-0.15, -0.1) is 0 Å². The summed E-state index contributed by atoms with van der Waals surface area (Å²) >= 11 is 0. The summed E-state index contributed by atoms with van der Waals surface area (Å²) in [5, 5.41) is 2.90. The van der Waals surface area contributed by atoms with E-state index in [1.54, 1.807) is 19.0 Å². The van der Waals surface area contributed by atoms with Crippen molar-refractivity contribution < 1.29 is 9.59 Å². The molecule has 22 heavy (non-hydrogen) atoms. The Morgan fingerprint density at radius 1 is 1.23 bits per heavy atom. The van der Waals surface area contributed by atoms with Crippen molar-refractivity contribution in [3.8, 4) is 0 Å². The lowest BCUT2D eigenvalue weighted by Gasteiger charge is -2.30. The topological polar surface area (TPSA) is 52.7 Å². The van der Waals surface area contributed by atoms with Crippen LogP contribution in [-0.4, -0.2) is 48.4 Å². The molecule has 0 aliphatic carbocycles. The minimum atomic E-state index is -0.177. The largest absolute Gasteiger partial charge is 0.331 e. The SMILES string of the molecule is CC[C@H](C)N(CC(=O)Nc1cccc(C)c1C)C(=O)N(C)C. The highest BCUT2D eigenvalue weighted by atomic mass is 16.2. The van der Waals surface area contributed by atoms with Crippen LogP contribution in [0.1, 0.15) is 31.4 Å². The van der Waals surface area contributed by atoms with Crippen molar-refractivity contribution in [1.82, 2.24) is 9.80 Å². The Morgan fingerprint density at radius 3 is 2.41 bits per heavy atom. The molecule has 0 fully saturated rings. The second-order valence-corrected chi connectivity index (χ2v) is 5.86. The van der Waals surface area contributed by atoms with E-state index in [4.69, 9.17) is 0 Å². The molecule has 0 spiro atoms. The van der Waals surface area contributed by atoms with E-state index < -0.39 is 0 Å². The Kier molecular flexibility index (Phi) is 6.40. The highest BCUT2D eigenvalue weighted by molar-refractivity contribution is 5.95. The molecule has 0 saturated heterocycles. The van der Waals surface area contributed by atoms with E-state index in [1.165, 1.54) is 4.90 Å². The van der Waals surface area contributed by atoms with Gasteiger partial charge in [-0.1, -0.05) is 19.1 Å². The van der Waals surface area contributed by atoms with Crippen molar-refractivity contribution in [2.45, 2.75) is 40.2 Å². The molecular formula is C17H27N3O2. The number of hydrogen-bond donors (Lipinski definition) is 1. The molecule has 1 aromatic rings. The standard InChI is InChI=1S/C17H27N3O2/c1-7-13(3)20(17(22)19(5)6)11-16(21)18-15-10-8-9-12(2)14(15)4/h8-10,13H,7,11H2,1-6H3,(H,18,21)/t13-/m0/s1. The molecule has 0 aliphatic rings. The molecule has 0 aliphatic heterocycles. The first-order valence-corrected chi connectivity index (χ1v) is 7.61. The van der Waals surface area contributed by atoms with E-state index in [1.807, 2.05) is 45.9 Å². The Labute approximate surface area is 133 Å². The van der Waals surface area contributed by atoms with Gasteiger partial charge in [-0.3, -0.25) is 4.79 Å². The maximum atomic E-state index is 12.3. The number of carbonyl (C=O) groups is 2. The number of benzene rings is 1. The van der Waals surface area contributed by atoms with Gasteiger partial charge in [0.25, 0.3) is 0 Å². The summed E-state index contributed by atoms with van der Waals surface area (Å²) in [5.41, 5.74) is 2.97. The van der Waals surface area contributed by atoms with Gasteiger partial charge in [0, 0.05) is 25.8 Å². The molecular weight excluding hydrogens is 278 g/mol. The first-order chi connectivity index (χ1) is 10.3. The maximum Gasteiger partial charge on any atom is 0.320 e. The number of nitrogens with zero attached hydrogens (tertiary/aromatic N) is 2. The summed E-state index contributed by atoms with van der Waals surface area (Å²) < 4.78 is 0. The highest BCUT2D eigenvalue weighted by Crippen LogP contribution is 2.18. The minimum Gasteiger partial charge on any atom is -0.331 e. The van der Waals surface area contributed by atoms with Crippen LogP contribution in [0.15, 0.2) is 18.2 Å². The molecule has 1 rings (SSSR count). The van der Waals surface area contributed by atoms with Gasteiger partial charge in [0.05, 0.1) is 0 Å². The van der Waals surface area contributed by atoms with E-state index in [2.05, 4.69) is 5.32 Å². The highest BCUT2D eigenvalue weighted by Gasteiger charge is 2.23. The van der Waals surface area contributed by atoms with E-state index in [9.17, 15) is 9.59 Å². The fraction of sp³-hybridized carbons (Fsp3) is 0.529. The van der Waals surface area contributed by atoms with Crippen LogP contribution in [0.2, 0.25) is 0 Å². The smallest absolute Gasteiger partial charge is 0.320 e. The Bertz CT molecular complexity index is 541. The summed E-state index contributed by atoms with van der Waals surface area (Å²) in [7, 11) is 3.39. The first kappa shape index (κ1) is 18.0. The van der Waals surface area contributed by atoms with Crippen LogP contribution in [0.25, 0.3) is 0 Å². The molecule has 0 unspecified atom stereocenters. The molecule has 0 heterocycles. The van der Waals surface area contributed by atoms with Crippen LogP contribution >= 0.6 is 0 Å². The lowest BCUT2D eigenvalue weighted by Crippen LogP contribution is -2.47. The number of aryl methyl sites for hydroxylation is 1. The quantitative estimate of drug-likeness (QED) is 0.909. The molecule has 1 N–H and O–H groups in total. The van der Waals surface area contributed by atoms with Gasteiger partial charge in [0.1, 0.15) is 6.54 Å². The lowest BCUT2D eigenvalue weighted by atomic mass is 10.1. The van der Waals surface area contributed by atoms with Crippen molar-refractivity contribution in [2.24, 2.45) is 0 Å². The van der Waals surface area contributed by atoms with Gasteiger partial charge in [-0.2, -0.15) is 0 Å². The fourth-order valence-corrected chi connectivity index (χ4v) is 2.12. The molecule has 0 radical (unpaired) electrons. The van der Waals surface area contributed by atoms with E-state index in [-0.39, 0.29) is 24.5 Å². The number of carbonyl (C=O) groups excluding carboxylic acids is 2. The van der Waals surface area contributed by atoms with Crippen molar-refractivity contribution in [2.75, 3.05) is 26.0 Å². The van der Waals surface area contributed by atoms with Gasteiger partial charge in [-0.25, -0.2) is 4.79 Å². The number of rotatable bonds is 5. The van der Waals surface area contributed by atoms with Crippen LogP contribution in [0.4, 0.5) is 10.5 Å². The molecule has 1 atom stereocenters. The number of nitrogens with one attached hydrogen (secondary N) is 1. The third-order valence-corrected chi connectivity index (χ3v) is 3.94. The van der Waals surface area contributed by atoms with E-state index in [0.29, 0.717) is 0 Å². The molecule has 5 heteroatoms. The fourth-order valence-electron chi connectivity index (χ4n) is 2.12. The van der Waals surface area contributed by atoms with Crippen molar-refractivity contribution in [3.63, 3.8) is 0 Å². The van der Waals surface area contributed by atoms with E-state index in [0.717, 1.165) is 23.2 Å². The zero-order valence-electron chi connectivity index (χ0n) is 14.4. The van der Waals surface area contributed by atoms with Crippen molar-refractivity contribution in [1.29, 1.82) is 0 Å². The van der Waals surface area contributed by atoms with Crippen LogP contribution in [0.3, 0.4) is 0 Å². The Balaban J connectivity index is 2.83. The minimum absolute atomic E-state index is 0.0132. The van der Waals surface area contributed by atoms with Crippen LogP contribution in [0, 0.1) is 13.8 Å². The zero-order valence-corrected chi connectivity index (χ0v) is 14.4. The van der Waals surface area contributed by atoms with E-state index >= 15 is 0 Å². The Morgan fingerprint density at radius 2 is 1.86 bits per heavy atom.